The molecular weight excluding hydrogens is 435 g/mol. The molecule has 0 aliphatic carbocycles. The van der Waals surface area contributed by atoms with E-state index in [-0.39, 0.29) is 21.2 Å². The fraction of sp³-hybridized carbons (Fsp3) is 0.150. The number of amides is 3. The Morgan fingerprint density at radius 3 is 2.07 bits per heavy atom. The summed E-state index contributed by atoms with van der Waals surface area (Å²) in [6.07, 6.45) is 0. The third kappa shape index (κ3) is 4.67. The molecule has 0 saturated heterocycles. The number of imide groups is 1. The van der Waals surface area contributed by atoms with Gasteiger partial charge in [0, 0.05) is 5.56 Å². The highest BCUT2D eigenvalue weighted by Gasteiger charge is 2.37. The first-order valence-corrected chi connectivity index (χ1v) is 9.39. The van der Waals surface area contributed by atoms with Crippen molar-refractivity contribution in [2.24, 2.45) is 0 Å². The van der Waals surface area contributed by atoms with Gasteiger partial charge in [-0.1, -0.05) is 53.5 Å². The number of nitrogens with one attached hydrogen (secondary N) is 1. The second-order valence-electron chi connectivity index (χ2n) is 6.23. The average Bonchev–Trinajstić information content (AvgIpc) is 2.95. The smallest absolute Gasteiger partial charge is 0.325 e. The lowest BCUT2D eigenvalue weighted by molar-refractivity contribution is -0.142. The van der Waals surface area contributed by atoms with Crippen molar-refractivity contribution in [2.45, 2.75) is 0 Å². The zero-order valence-corrected chi connectivity index (χ0v) is 16.8. The number of carbonyl (C=O) groups is 5. The van der Waals surface area contributed by atoms with Gasteiger partial charge >= 0.3 is 5.97 Å². The van der Waals surface area contributed by atoms with Crippen LogP contribution >= 0.6 is 23.2 Å². The Morgan fingerprint density at radius 1 is 0.933 bits per heavy atom. The molecule has 0 fully saturated rings. The van der Waals surface area contributed by atoms with Crippen LogP contribution in [0.4, 0.5) is 0 Å². The van der Waals surface area contributed by atoms with Gasteiger partial charge in [-0.2, -0.15) is 0 Å². The van der Waals surface area contributed by atoms with E-state index in [2.05, 4.69) is 5.32 Å². The Labute approximate surface area is 180 Å². The summed E-state index contributed by atoms with van der Waals surface area (Å²) in [7, 11) is 0. The lowest BCUT2D eigenvalue weighted by Crippen LogP contribution is -2.42. The number of esters is 1. The summed E-state index contributed by atoms with van der Waals surface area (Å²) in [6, 6.07) is 10.8. The molecule has 0 atom stereocenters. The number of hydrogen-bond acceptors (Lipinski definition) is 6. The van der Waals surface area contributed by atoms with Gasteiger partial charge in [-0.3, -0.25) is 28.9 Å². The van der Waals surface area contributed by atoms with Crippen molar-refractivity contribution in [3.63, 3.8) is 0 Å². The van der Waals surface area contributed by atoms with E-state index < -0.39 is 49.2 Å². The van der Waals surface area contributed by atoms with Crippen molar-refractivity contribution in [1.82, 2.24) is 10.2 Å². The maximum atomic E-state index is 12.4. The lowest BCUT2D eigenvalue weighted by atomic mass is 10.1. The Hall–Kier alpha value is -3.23. The van der Waals surface area contributed by atoms with E-state index >= 15 is 0 Å². The quantitative estimate of drug-likeness (QED) is 0.394. The molecule has 30 heavy (non-hydrogen) atoms. The molecule has 2 aromatic rings. The van der Waals surface area contributed by atoms with Crippen LogP contribution in [-0.4, -0.2) is 54.1 Å². The molecule has 1 aliphatic heterocycles. The topological polar surface area (TPSA) is 110 Å². The highest BCUT2D eigenvalue weighted by atomic mass is 35.5. The second-order valence-corrected chi connectivity index (χ2v) is 7.05. The third-order valence-electron chi connectivity index (χ3n) is 4.20. The number of rotatable bonds is 7. The number of Topliss-reactive ketones (excluding diaryl/α,β-unsaturated/α-hetero) is 1. The molecule has 0 aromatic heterocycles. The first-order valence-electron chi connectivity index (χ1n) is 8.63. The number of hydrogen-bond donors (Lipinski definition) is 1. The van der Waals surface area contributed by atoms with Gasteiger partial charge in [-0.15, -0.1) is 0 Å². The van der Waals surface area contributed by atoms with Crippen LogP contribution in [0, 0.1) is 0 Å². The number of ether oxygens (including phenoxy) is 1. The van der Waals surface area contributed by atoms with Gasteiger partial charge in [0.1, 0.15) is 13.1 Å². The molecule has 0 radical (unpaired) electrons. The van der Waals surface area contributed by atoms with Gasteiger partial charge in [0.25, 0.3) is 11.8 Å². The minimum atomic E-state index is -0.839. The molecule has 8 nitrogen and oxygen atoms in total. The summed E-state index contributed by atoms with van der Waals surface area (Å²) in [5, 5.41) is 2.45. The molecule has 1 heterocycles. The van der Waals surface area contributed by atoms with Gasteiger partial charge in [0.2, 0.25) is 5.91 Å². The standard InChI is InChI=1S/C20H14Cl2N2O6/c21-14-6-12-13(7-15(14)22)20(29)24(19(12)28)9-17(26)23-8-18(27)30-10-16(25)11-4-2-1-3-5-11/h1-7H,8-10H2,(H,23,26). The predicted molar refractivity (Wildman–Crippen MR) is 107 cm³/mol. The fourth-order valence-corrected chi connectivity index (χ4v) is 3.03. The van der Waals surface area contributed by atoms with Crippen LogP contribution in [0.1, 0.15) is 31.1 Å². The predicted octanol–water partition coefficient (Wildman–Crippen LogP) is 2.13. The van der Waals surface area contributed by atoms with Crippen molar-refractivity contribution < 1.29 is 28.7 Å². The van der Waals surface area contributed by atoms with E-state index in [4.69, 9.17) is 27.9 Å². The first kappa shape index (κ1) is 21.5. The van der Waals surface area contributed by atoms with Crippen molar-refractivity contribution in [1.29, 1.82) is 0 Å². The van der Waals surface area contributed by atoms with Gasteiger partial charge in [-0.25, -0.2) is 0 Å². The van der Waals surface area contributed by atoms with Crippen molar-refractivity contribution in [3.8, 4) is 0 Å². The summed E-state index contributed by atoms with van der Waals surface area (Å²) in [5.41, 5.74) is 0.474. The largest absolute Gasteiger partial charge is 0.456 e. The van der Waals surface area contributed by atoms with Gasteiger partial charge in [0.15, 0.2) is 12.4 Å². The SMILES string of the molecule is O=C(CN1C(=O)c2cc(Cl)c(Cl)cc2C1=O)NCC(=O)OCC(=O)c1ccccc1. The van der Waals surface area contributed by atoms with Gasteiger partial charge in [0.05, 0.1) is 21.2 Å². The number of fused-ring (bicyclic) bond motifs is 1. The maximum Gasteiger partial charge on any atom is 0.325 e. The molecule has 1 aliphatic rings. The Morgan fingerprint density at radius 2 is 1.50 bits per heavy atom. The zero-order chi connectivity index (χ0) is 21.8. The molecule has 0 unspecified atom stereocenters. The average molecular weight is 449 g/mol. The minimum absolute atomic E-state index is 0.0426. The Balaban J connectivity index is 1.49. The highest BCUT2D eigenvalue weighted by Crippen LogP contribution is 2.31. The molecule has 1 N–H and O–H groups in total. The Kier molecular flexibility index (Phi) is 6.49. The van der Waals surface area contributed by atoms with E-state index in [0.29, 0.717) is 5.56 Å². The second kappa shape index (κ2) is 9.06. The normalized spacial score (nSPS) is 12.5. The Bertz CT molecular complexity index is 1010. The summed E-state index contributed by atoms with van der Waals surface area (Å²) in [4.78, 5) is 61.1. The van der Waals surface area contributed by atoms with E-state index in [1.165, 1.54) is 12.1 Å². The van der Waals surface area contributed by atoms with Crippen molar-refractivity contribution in [3.05, 3.63) is 69.2 Å². The number of carbonyl (C=O) groups excluding carboxylic acids is 5. The van der Waals surface area contributed by atoms with Crippen LogP contribution in [0.3, 0.4) is 0 Å². The molecule has 10 heteroatoms. The highest BCUT2D eigenvalue weighted by molar-refractivity contribution is 6.43. The number of ketones is 1. The maximum absolute atomic E-state index is 12.4. The molecule has 0 bridgehead atoms. The van der Waals surface area contributed by atoms with Crippen LogP contribution < -0.4 is 5.32 Å². The molecule has 3 rings (SSSR count). The molecule has 2 aromatic carbocycles. The summed E-state index contributed by atoms with van der Waals surface area (Å²) in [5.74, 6) is -3.38. The number of nitrogens with zero attached hydrogens (tertiary/aromatic N) is 1. The van der Waals surface area contributed by atoms with E-state index in [1.807, 2.05) is 0 Å². The van der Waals surface area contributed by atoms with Crippen molar-refractivity contribution in [2.75, 3.05) is 19.7 Å². The third-order valence-corrected chi connectivity index (χ3v) is 4.93. The minimum Gasteiger partial charge on any atom is -0.456 e. The van der Waals surface area contributed by atoms with Crippen LogP contribution in [0.2, 0.25) is 10.0 Å². The van der Waals surface area contributed by atoms with Crippen LogP contribution in [0.5, 0.6) is 0 Å². The number of halogens is 2. The van der Waals surface area contributed by atoms with Crippen LogP contribution in [0.15, 0.2) is 42.5 Å². The molecule has 3 amide bonds. The molecule has 154 valence electrons. The first-order chi connectivity index (χ1) is 14.3. The zero-order valence-electron chi connectivity index (χ0n) is 15.3. The monoisotopic (exact) mass is 448 g/mol. The van der Waals surface area contributed by atoms with Gasteiger partial charge < -0.3 is 10.1 Å². The van der Waals surface area contributed by atoms with E-state index in [1.54, 1.807) is 30.3 Å². The van der Waals surface area contributed by atoms with Crippen LogP contribution in [-0.2, 0) is 14.3 Å². The number of benzene rings is 2. The fourth-order valence-electron chi connectivity index (χ4n) is 2.70. The molecular formula is C20H14Cl2N2O6. The summed E-state index contributed by atoms with van der Waals surface area (Å²) < 4.78 is 4.82. The lowest BCUT2D eigenvalue weighted by Gasteiger charge is -2.13. The summed E-state index contributed by atoms with van der Waals surface area (Å²) >= 11 is 11.7. The van der Waals surface area contributed by atoms with E-state index in [9.17, 15) is 24.0 Å². The summed E-state index contributed by atoms with van der Waals surface area (Å²) in [6.45, 7) is -1.60. The van der Waals surface area contributed by atoms with Crippen molar-refractivity contribution >= 4 is 52.7 Å². The van der Waals surface area contributed by atoms with E-state index in [0.717, 1.165) is 4.90 Å². The van der Waals surface area contributed by atoms with Gasteiger partial charge in [-0.05, 0) is 12.1 Å². The molecule has 0 saturated carbocycles. The van der Waals surface area contributed by atoms with Crippen LogP contribution in [0.25, 0.3) is 0 Å². The molecule has 0 spiro atoms.